The number of thiol groups is 1. The van der Waals surface area contributed by atoms with Gasteiger partial charge in [-0.2, -0.15) is 12.6 Å². The summed E-state index contributed by atoms with van der Waals surface area (Å²) in [5, 5.41) is 8.38. The first kappa shape index (κ1) is 11.9. The third-order valence-corrected chi connectivity index (χ3v) is 3.47. The summed E-state index contributed by atoms with van der Waals surface area (Å²) in [4.78, 5) is 0. The fourth-order valence-electron chi connectivity index (χ4n) is 1.16. The van der Waals surface area contributed by atoms with Crippen molar-refractivity contribution in [2.45, 2.75) is 31.9 Å². The predicted molar refractivity (Wildman–Crippen MR) is 62.0 cm³/mol. The minimum atomic E-state index is 0.630. The Morgan fingerprint density at radius 2 is 2.29 bits per heavy atom. The van der Waals surface area contributed by atoms with Crippen LogP contribution >= 0.6 is 24.4 Å². The number of aromatic nitrogens is 2. The van der Waals surface area contributed by atoms with Crippen LogP contribution in [0.2, 0.25) is 0 Å². The summed E-state index contributed by atoms with van der Waals surface area (Å²) in [6.07, 6.45) is 2.41. The van der Waals surface area contributed by atoms with E-state index in [-0.39, 0.29) is 0 Å². The zero-order valence-corrected chi connectivity index (χ0v) is 10.3. The Balaban J connectivity index is 2.31. The van der Waals surface area contributed by atoms with Crippen molar-refractivity contribution in [3.05, 3.63) is 5.89 Å². The second-order valence-electron chi connectivity index (χ2n) is 3.24. The van der Waals surface area contributed by atoms with Gasteiger partial charge in [0.1, 0.15) is 0 Å². The number of nitrogens with zero attached hydrogens (tertiary/aromatic N) is 2. The smallest absolute Gasteiger partial charge is 0.276 e. The molecule has 0 saturated heterocycles. The van der Waals surface area contributed by atoms with Crippen molar-refractivity contribution in [1.29, 1.82) is 0 Å². The first-order valence-electron chi connectivity index (χ1n) is 4.80. The molecule has 0 aromatic carbocycles. The highest BCUT2D eigenvalue weighted by Gasteiger charge is 2.09. The van der Waals surface area contributed by atoms with Gasteiger partial charge in [-0.05, 0) is 18.1 Å². The third-order valence-electron chi connectivity index (χ3n) is 1.91. The SMILES string of the molecule is CCCC(CS)CSc1nnc(C)o1. The van der Waals surface area contributed by atoms with Gasteiger partial charge in [0.25, 0.3) is 5.22 Å². The van der Waals surface area contributed by atoms with Crippen LogP contribution in [0.25, 0.3) is 0 Å². The summed E-state index contributed by atoms with van der Waals surface area (Å²) >= 11 is 5.95. The van der Waals surface area contributed by atoms with E-state index >= 15 is 0 Å². The normalized spacial score (nSPS) is 13.1. The Hall–Kier alpha value is -0.160. The van der Waals surface area contributed by atoms with Crippen LogP contribution in [0.4, 0.5) is 0 Å². The number of aryl methyl sites for hydroxylation is 1. The molecule has 5 heteroatoms. The van der Waals surface area contributed by atoms with Crippen LogP contribution in [0.3, 0.4) is 0 Å². The number of hydrogen-bond donors (Lipinski definition) is 1. The Kier molecular flexibility index (Phi) is 5.40. The second-order valence-corrected chi connectivity index (χ2v) is 4.57. The molecule has 0 spiro atoms. The van der Waals surface area contributed by atoms with Crippen LogP contribution < -0.4 is 0 Å². The minimum absolute atomic E-state index is 0.630. The zero-order chi connectivity index (χ0) is 10.4. The molecule has 0 bridgehead atoms. The molecule has 0 radical (unpaired) electrons. The molecule has 0 aliphatic rings. The third kappa shape index (κ3) is 3.92. The minimum Gasteiger partial charge on any atom is -0.416 e. The monoisotopic (exact) mass is 232 g/mol. The average Bonchev–Trinajstić information content (AvgIpc) is 2.59. The predicted octanol–water partition coefficient (Wildman–Crippen LogP) is 2.82. The summed E-state index contributed by atoms with van der Waals surface area (Å²) in [5.41, 5.74) is 0. The molecular weight excluding hydrogens is 216 g/mol. The van der Waals surface area contributed by atoms with Crippen LogP contribution in [0.1, 0.15) is 25.7 Å². The number of rotatable bonds is 6. The van der Waals surface area contributed by atoms with E-state index < -0.39 is 0 Å². The highest BCUT2D eigenvalue weighted by molar-refractivity contribution is 7.99. The van der Waals surface area contributed by atoms with Crippen LogP contribution in [-0.2, 0) is 0 Å². The maximum Gasteiger partial charge on any atom is 0.276 e. The second kappa shape index (κ2) is 6.35. The molecule has 0 fully saturated rings. The van der Waals surface area contributed by atoms with Gasteiger partial charge in [-0.3, -0.25) is 0 Å². The van der Waals surface area contributed by atoms with Gasteiger partial charge in [0.15, 0.2) is 0 Å². The van der Waals surface area contributed by atoms with E-state index in [4.69, 9.17) is 4.42 Å². The van der Waals surface area contributed by atoms with Gasteiger partial charge in [0.2, 0.25) is 5.89 Å². The van der Waals surface area contributed by atoms with Crippen LogP contribution in [0.5, 0.6) is 0 Å². The molecule has 1 heterocycles. The van der Waals surface area contributed by atoms with Gasteiger partial charge < -0.3 is 4.42 Å². The highest BCUT2D eigenvalue weighted by Crippen LogP contribution is 2.22. The van der Waals surface area contributed by atoms with Gasteiger partial charge in [0.05, 0.1) is 0 Å². The van der Waals surface area contributed by atoms with Crippen molar-refractivity contribution >= 4 is 24.4 Å². The van der Waals surface area contributed by atoms with E-state index in [9.17, 15) is 0 Å². The van der Waals surface area contributed by atoms with E-state index in [1.54, 1.807) is 18.7 Å². The van der Waals surface area contributed by atoms with Gasteiger partial charge in [-0.15, -0.1) is 10.2 Å². The number of thioether (sulfide) groups is 1. The summed E-state index contributed by atoms with van der Waals surface area (Å²) in [5.74, 6) is 3.21. The van der Waals surface area contributed by atoms with Crippen molar-refractivity contribution in [1.82, 2.24) is 10.2 Å². The van der Waals surface area contributed by atoms with E-state index in [0.29, 0.717) is 17.0 Å². The first-order chi connectivity index (χ1) is 6.76. The molecular formula is C9H16N2OS2. The lowest BCUT2D eigenvalue weighted by molar-refractivity contribution is 0.428. The molecule has 3 nitrogen and oxygen atoms in total. The quantitative estimate of drug-likeness (QED) is 0.604. The molecule has 1 aromatic rings. The van der Waals surface area contributed by atoms with Gasteiger partial charge >= 0.3 is 0 Å². The summed E-state index contributed by atoms with van der Waals surface area (Å²) in [7, 11) is 0. The van der Waals surface area contributed by atoms with E-state index in [1.165, 1.54) is 12.8 Å². The Bertz CT molecular complexity index is 265. The topological polar surface area (TPSA) is 38.9 Å². The first-order valence-corrected chi connectivity index (χ1v) is 6.41. The summed E-state index contributed by atoms with van der Waals surface area (Å²) in [6.45, 7) is 4.00. The van der Waals surface area contributed by atoms with E-state index in [1.807, 2.05) is 0 Å². The standard InChI is InChI=1S/C9H16N2OS2/c1-3-4-8(5-13)6-14-9-11-10-7(2)12-9/h8,13H,3-6H2,1-2H3. The Morgan fingerprint density at radius 1 is 1.50 bits per heavy atom. The molecule has 0 saturated carbocycles. The molecule has 0 aliphatic heterocycles. The molecule has 1 unspecified atom stereocenters. The maximum absolute atomic E-state index is 5.27. The average molecular weight is 232 g/mol. The zero-order valence-electron chi connectivity index (χ0n) is 8.56. The van der Waals surface area contributed by atoms with Crippen molar-refractivity contribution in [2.24, 2.45) is 5.92 Å². The fraction of sp³-hybridized carbons (Fsp3) is 0.778. The van der Waals surface area contributed by atoms with Gasteiger partial charge in [-0.1, -0.05) is 25.1 Å². The summed E-state index contributed by atoms with van der Waals surface area (Å²) < 4.78 is 5.27. The lowest BCUT2D eigenvalue weighted by Gasteiger charge is -2.10. The molecule has 80 valence electrons. The van der Waals surface area contributed by atoms with Crippen LogP contribution in [-0.4, -0.2) is 21.7 Å². The Labute approximate surface area is 94.5 Å². The number of hydrogen-bond acceptors (Lipinski definition) is 5. The molecule has 1 aromatic heterocycles. The maximum atomic E-state index is 5.27. The molecule has 0 amide bonds. The van der Waals surface area contributed by atoms with Gasteiger partial charge in [-0.25, -0.2) is 0 Å². The fourth-order valence-corrected chi connectivity index (χ4v) is 2.59. The molecule has 0 N–H and O–H groups in total. The largest absolute Gasteiger partial charge is 0.416 e. The van der Waals surface area contributed by atoms with Crippen molar-refractivity contribution in [2.75, 3.05) is 11.5 Å². The molecule has 1 rings (SSSR count). The van der Waals surface area contributed by atoms with E-state index in [0.717, 1.165) is 11.5 Å². The van der Waals surface area contributed by atoms with Crippen molar-refractivity contribution in [3.8, 4) is 0 Å². The Morgan fingerprint density at radius 3 is 2.79 bits per heavy atom. The van der Waals surface area contributed by atoms with Crippen LogP contribution in [0, 0.1) is 12.8 Å². The lowest BCUT2D eigenvalue weighted by atomic mass is 10.1. The molecule has 1 atom stereocenters. The molecule has 14 heavy (non-hydrogen) atoms. The van der Waals surface area contributed by atoms with Crippen molar-refractivity contribution < 1.29 is 4.42 Å². The van der Waals surface area contributed by atoms with E-state index in [2.05, 4.69) is 29.7 Å². The lowest BCUT2D eigenvalue weighted by Crippen LogP contribution is -2.04. The van der Waals surface area contributed by atoms with Crippen LogP contribution in [0.15, 0.2) is 9.64 Å². The summed E-state index contributed by atoms with van der Waals surface area (Å²) in [6, 6.07) is 0. The molecule has 0 aliphatic carbocycles. The highest BCUT2D eigenvalue weighted by atomic mass is 32.2. The van der Waals surface area contributed by atoms with Crippen molar-refractivity contribution in [3.63, 3.8) is 0 Å². The van der Waals surface area contributed by atoms with Gasteiger partial charge in [0, 0.05) is 12.7 Å².